The SMILES string of the molecule is CN(Cc1ccc(-n2cnn(Cc3ccccc3F)c2=O)cc1)C(=O)OC(C)(C)C. The highest BCUT2D eigenvalue weighted by Crippen LogP contribution is 2.13. The Kier molecular flexibility index (Phi) is 6.05. The lowest BCUT2D eigenvalue weighted by molar-refractivity contribution is 0.0285. The van der Waals surface area contributed by atoms with Gasteiger partial charge in [0.15, 0.2) is 0 Å². The maximum absolute atomic E-state index is 13.8. The molecule has 30 heavy (non-hydrogen) atoms. The molecule has 0 aliphatic carbocycles. The molecule has 0 saturated heterocycles. The van der Waals surface area contributed by atoms with Crippen LogP contribution in [-0.4, -0.2) is 38.0 Å². The first-order chi connectivity index (χ1) is 14.1. The highest BCUT2D eigenvalue weighted by atomic mass is 19.1. The topological polar surface area (TPSA) is 69.4 Å². The maximum atomic E-state index is 13.8. The van der Waals surface area contributed by atoms with E-state index >= 15 is 0 Å². The van der Waals surface area contributed by atoms with Gasteiger partial charge in [-0.25, -0.2) is 23.2 Å². The Balaban J connectivity index is 1.71. The fourth-order valence-electron chi connectivity index (χ4n) is 2.85. The zero-order valence-electron chi connectivity index (χ0n) is 17.5. The van der Waals surface area contributed by atoms with Crippen molar-refractivity contribution in [3.8, 4) is 5.69 Å². The Morgan fingerprint density at radius 1 is 1.13 bits per heavy atom. The zero-order chi connectivity index (χ0) is 21.9. The Hall–Kier alpha value is -3.42. The highest BCUT2D eigenvalue weighted by molar-refractivity contribution is 5.67. The highest BCUT2D eigenvalue weighted by Gasteiger charge is 2.19. The molecule has 1 amide bonds. The van der Waals surface area contributed by atoms with Crippen LogP contribution in [0.1, 0.15) is 31.9 Å². The number of carbonyl (C=O) groups excluding carboxylic acids is 1. The van der Waals surface area contributed by atoms with E-state index in [9.17, 15) is 14.0 Å². The Morgan fingerprint density at radius 2 is 1.80 bits per heavy atom. The molecule has 3 rings (SSSR count). The van der Waals surface area contributed by atoms with Crippen molar-refractivity contribution in [3.05, 3.63) is 82.3 Å². The minimum atomic E-state index is -0.556. The number of rotatable bonds is 5. The molecule has 0 N–H and O–H groups in total. The monoisotopic (exact) mass is 412 g/mol. The first-order valence-corrected chi connectivity index (χ1v) is 9.55. The summed E-state index contributed by atoms with van der Waals surface area (Å²) in [6, 6.07) is 13.5. The van der Waals surface area contributed by atoms with Gasteiger partial charge in [0.1, 0.15) is 17.7 Å². The average molecular weight is 412 g/mol. The lowest BCUT2D eigenvalue weighted by atomic mass is 10.2. The third kappa shape index (κ3) is 5.14. The first kappa shape index (κ1) is 21.3. The molecule has 8 heteroatoms. The van der Waals surface area contributed by atoms with Gasteiger partial charge in [0, 0.05) is 19.2 Å². The minimum absolute atomic E-state index is 0.0529. The fourth-order valence-corrected chi connectivity index (χ4v) is 2.85. The van der Waals surface area contributed by atoms with E-state index in [2.05, 4.69) is 5.10 Å². The molecule has 0 aliphatic rings. The number of nitrogens with zero attached hydrogens (tertiary/aromatic N) is 4. The normalized spacial score (nSPS) is 11.4. The molecule has 0 fully saturated rings. The van der Waals surface area contributed by atoms with Crippen molar-refractivity contribution in [2.75, 3.05) is 7.05 Å². The summed E-state index contributed by atoms with van der Waals surface area (Å²) in [4.78, 5) is 26.2. The van der Waals surface area contributed by atoms with Crippen LogP contribution < -0.4 is 5.69 Å². The number of halogens is 1. The lowest BCUT2D eigenvalue weighted by Crippen LogP contribution is -2.33. The molecular weight excluding hydrogens is 387 g/mol. The van der Waals surface area contributed by atoms with Gasteiger partial charge in [-0.1, -0.05) is 30.3 Å². The van der Waals surface area contributed by atoms with Gasteiger partial charge in [-0.05, 0) is 44.5 Å². The van der Waals surface area contributed by atoms with Gasteiger partial charge in [-0.3, -0.25) is 0 Å². The summed E-state index contributed by atoms with van der Waals surface area (Å²) in [6.45, 7) is 5.88. The molecular formula is C22H25FN4O3. The van der Waals surface area contributed by atoms with Gasteiger partial charge in [-0.15, -0.1) is 0 Å². The number of hydrogen-bond acceptors (Lipinski definition) is 4. The van der Waals surface area contributed by atoms with Crippen LogP contribution in [0.5, 0.6) is 0 Å². The van der Waals surface area contributed by atoms with Gasteiger partial charge >= 0.3 is 11.8 Å². The molecule has 7 nitrogen and oxygen atoms in total. The summed E-state index contributed by atoms with van der Waals surface area (Å²) in [7, 11) is 1.67. The van der Waals surface area contributed by atoms with Crippen LogP contribution in [-0.2, 0) is 17.8 Å². The maximum Gasteiger partial charge on any atom is 0.410 e. The summed E-state index contributed by atoms with van der Waals surface area (Å²) in [5.74, 6) is -0.377. The zero-order valence-corrected chi connectivity index (χ0v) is 17.5. The summed E-state index contributed by atoms with van der Waals surface area (Å²) in [5.41, 5.74) is 0.990. The first-order valence-electron chi connectivity index (χ1n) is 9.55. The molecule has 3 aromatic rings. The van der Waals surface area contributed by atoms with Gasteiger partial charge in [0.05, 0.1) is 12.2 Å². The number of amides is 1. The van der Waals surface area contributed by atoms with Gasteiger partial charge < -0.3 is 9.64 Å². The van der Waals surface area contributed by atoms with E-state index in [0.717, 1.165) is 5.56 Å². The van der Waals surface area contributed by atoms with Gasteiger partial charge in [0.2, 0.25) is 0 Å². The number of aromatic nitrogens is 3. The van der Waals surface area contributed by atoms with Crippen LogP contribution >= 0.6 is 0 Å². The predicted octanol–water partition coefficient (Wildman–Crippen LogP) is 3.59. The number of hydrogen-bond donors (Lipinski definition) is 0. The quantitative estimate of drug-likeness (QED) is 0.642. The minimum Gasteiger partial charge on any atom is -0.444 e. The van der Waals surface area contributed by atoms with Crippen molar-refractivity contribution < 1.29 is 13.9 Å². The van der Waals surface area contributed by atoms with E-state index in [1.54, 1.807) is 37.4 Å². The summed E-state index contributed by atoms with van der Waals surface area (Å²) in [5, 5.41) is 4.09. The molecule has 0 radical (unpaired) electrons. The molecule has 1 aromatic heterocycles. The van der Waals surface area contributed by atoms with Crippen LogP contribution in [0.2, 0.25) is 0 Å². The van der Waals surface area contributed by atoms with Crippen molar-refractivity contribution in [2.45, 2.75) is 39.5 Å². The van der Waals surface area contributed by atoms with E-state index in [1.807, 2.05) is 32.9 Å². The van der Waals surface area contributed by atoms with E-state index in [-0.39, 0.29) is 18.1 Å². The second-order valence-electron chi connectivity index (χ2n) is 8.04. The summed E-state index contributed by atoms with van der Waals surface area (Å²) in [6.07, 6.45) is 1.00. The van der Waals surface area contributed by atoms with Gasteiger partial charge in [0.25, 0.3) is 0 Å². The van der Waals surface area contributed by atoms with Crippen molar-refractivity contribution in [1.29, 1.82) is 0 Å². The standard InChI is InChI=1S/C22H25FN4O3/c1-22(2,3)30-21(29)25(4)13-16-9-11-18(12-10-16)26-15-24-27(20(26)28)14-17-7-5-6-8-19(17)23/h5-12,15H,13-14H2,1-4H3. The largest absolute Gasteiger partial charge is 0.444 e. The van der Waals surface area contributed by atoms with Crippen molar-refractivity contribution in [2.24, 2.45) is 0 Å². The molecule has 0 bridgehead atoms. The van der Waals surface area contributed by atoms with Crippen LogP contribution in [0.25, 0.3) is 5.69 Å². The average Bonchev–Trinajstić information content (AvgIpc) is 3.03. The molecule has 0 aliphatic heterocycles. The number of carbonyl (C=O) groups is 1. The van der Waals surface area contributed by atoms with Gasteiger partial charge in [-0.2, -0.15) is 5.10 Å². The molecule has 0 saturated carbocycles. The summed E-state index contributed by atoms with van der Waals surface area (Å²) < 4.78 is 21.8. The fraction of sp³-hybridized carbons (Fsp3) is 0.318. The van der Waals surface area contributed by atoms with Crippen molar-refractivity contribution in [3.63, 3.8) is 0 Å². The Labute approximate surface area is 174 Å². The van der Waals surface area contributed by atoms with Crippen LogP contribution in [0.3, 0.4) is 0 Å². The number of ether oxygens (including phenoxy) is 1. The third-order valence-electron chi connectivity index (χ3n) is 4.35. The Bertz CT molecular complexity index is 1080. The summed E-state index contributed by atoms with van der Waals surface area (Å²) >= 11 is 0. The van der Waals surface area contributed by atoms with Crippen molar-refractivity contribution in [1.82, 2.24) is 19.2 Å². The molecule has 2 aromatic carbocycles. The predicted molar refractivity (Wildman–Crippen MR) is 111 cm³/mol. The second kappa shape index (κ2) is 8.52. The number of benzene rings is 2. The molecule has 0 unspecified atom stereocenters. The van der Waals surface area contributed by atoms with Crippen molar-refractivity contribution >= 4 is 6.09 Å². The van der Waals surface area contributed by atoms with Crippen LogP contribution in [0.4, 0.5) is 9.18 Å². The molecule has 158 valence electrons. The van der Waals surface area contributed by atoms with E-state index < -0.39 is 11.7 Å². The molecule has 0 spiro atoms. The Morgan fingerprint density at radius 3 is 2.43 bits per heavy atom. The lowest BCUT2D eigenvalue weighted by Gasteiger charge is -2.24. The van der Waals surface area contributed by atoms with Crippen LogP contribution in [0, 0.1) is 5.82 Å². The second-order valence-corrected chi connectivity index (χ2v) is 8.04. The smallest absolute Gasteiger partial charge is 0.410 e. The van der Waals surface area contributed by atoms with Crippen LogP contribution in [0.15, 0.2) is 59.7 Å². The third-order valence-corrected chi connectivity index (χ3v) is 4.35. The molecule has 0 atom stereocenters. The van der Waals surface area contributed by atoms with E-state index in [0.29, 0.717) is 17.8 Å². The van der Waals surface area contributed by atoms with E-state index in [4.69, 9.17) is 4.74 Å². The molecule has 1 heterocycles. The van der Waals surface area contributed by atoms with E-state index in [1.165, 1.54) is 26.5 Å².